The lowest BCUT2D eigenvalue weighted by Crippen LogP contribution is -3.00. The summed E-state index contributed by atoms with van der Waals surface area (Å²) in [5.41, 5.74) is 3.45. The van der Waals surface area contributed by atoms with Gasteiger partial charge in [0, 0.05) is 28.7 Å². The Morgan fingerprint density at radius 3 is 2.81 bits per heavy atom. The summed E-state index contributed by atoms with van der Waals surface area (Å²) in [6.45, 7) is 0. The van der Waals surface area contributed by atoms with E-state index in [4.69, 9.17) is 4.74 Å². The van der Waals surface area contributed by atoms with Gasteiger partial charge in [-0.15, -0.1) is 0 Å². The maximum atomic E-state index is 5.28. The fraction of sp³-hybridized carbons (Fsp3) is 0.118. The minimum atomic E-state index is 0. The summed E-state index contributed by atoms with van der Waals surface area (Å²) in [6, 6.07) is 10.2. The molecular formula is C17H17IN2O. The summed E-state index contributed by atoms with van der Waals surface area (Å²) in [7, 11) is 3.71. The first-order valence-corrected chi connectivity index (χ1v) is 6.55. The molecule has 0 radical (unpaired) electrons. The lowest BCUT2D eigenvalue weighted by molar-refractivity contribution is -0.671. The number of benzene rings is 1. The molecular weight excluding hydrogens is 375 g/mol. The van der Waals surface area contributed by atoms with Crippen molar-refractivity contribution in [1.82, 2.24) is 4.98 Å². The van der Waals surface area contributed by atoms with Gasteiger partial charge in [-0.25, -0.2) is 4.57 Å². The van der Waals surface area contributed by atoms with Crippen LogP contribution >= 0.6 is 0 Å². The average Bonchev–Trinajstić information content (AvgIpc) is 2.87. The van der Waals surface area contributed by atoms with Gasteiger partial charge in [0.15, 0.2) is 12.4 Å². The lowest BCUT2D eigenvalue weighted by Gasteiger charge is -1.99. The summed E-state index contributed by atoms with van der Waals surface area (Å²) in [6.07, 6.45) is 10.4. The van der Waals surface area contributed by atoms with Gasteiger partial charge >= 0.3 is 0 Å². The summed E-state index contributed by atoms with van der Waals surface area (Å²) < 4.78 is 7.32. The first-order chi connectivity index (χ1) is 9.76. The highest BCUT2D eigenvalue weighted by Gasteiger charge is 2.02. The molecule has 4 heteroatoms. The van der Waals surface area contributed by atoms with Gasteiger partial charge in [-0.2, -0.15) is 0 Å². The number of aryl methyl sites for hydroxylation is 1. The zero-order valence-electron chi connectivity index (χ0n) is 12.0. The minimum Gasteiger partial charge on any atom is -1.00 e. The Bertz CT molecular complexity index is 777. The Kier molecular flexibility index (Phi) is 5.01. The largest absolute Gasteiger partial charge is 1.00 e. The van der Waals surface area contributed by atoms with Crippen molar-refractivity contribution in [2.24, 2.45) is 7.05 Å². The van der Waals surface area contributed by atoms with Gasteiger partial charge in [0.05, 0.1) is 7.11 Å². The second-order valence-electron chi connectivity index (χ2n) is 4.79. The second-order valence-corrected chi connectivity index (χ2v) is 4.79. The van der Waals surface area contributed by atoms with Crippen molar-refractivity contribution in [3.63, 3.8) is 0 Å². The fourth-order valence-corrected chi connectivity index (χ4v) is 2.28. The van der Waals surface area contributed by atoms with Gasteiger partial charge in [-0.3, -0.25) is 0 Å². The van der Waals surface area contributed by atoms with Gasteiger partial charge < -0.3 is 33.7 Å². The van der Waals surface area contributed by atoms with Crippen molar-refractivity contribution < 1.29 is 33.3 Å². The van der Waals surface area contributed by atoms with E-state index in [0.29, 0.717) is 0 Å². The van der Waals surface area contributed by atoms with Crippen molar-refractivity contribution >= 4 is 23.1 Å². The number of pyridine rings is 1. The van der Waals surface area contributed by atoms with Gasteiger partial charge in [-0.1, -0.05) is 6.08 Å². The molecule has 2 aromatic heterocycles. The minimum absolute atomic E-state index is 0. The summed E-state index contributed by atoms with van der Waals surface area (Å²) in [5.74, 6) is 0.873. The zero-order chi connectivity index (χ0) is 13.9. The molecule has 3 nitrogen and oxygen atoms in total. The Hall–Kier alpha value is -1.82. The van der Waals surface area contributed by atoms with Crippen LogP contribution in [0.5, 0.6) is 5.75 Å². The van der Waals surface area contributed by atoms with E-state index in [0.717, 1.165) is 16.8 Å². The second kappa shape index (κ2) is 6.76. The van der Waals surface area contributed by atoms with Crippen molar-refractivity contribution in [3.05, 3.63) is 60.0 Å². The number of methoxy groups -OCH3 is 1. The molecule has 0 fully saturated rings. The van der Waals surface area contributed by atoms with E-state index < -0.39 is 0 Å². The number of aromatic nitrogens is 2. The molecule has 2 heterocycles. The van der Waals surface area contributed by atoms with Crippen LogP contribution in [0.25, 0.3) is 23.1 Å². The molecule has 0 atom stereocenters. The number of aromatic amines is 1. The molecule has 0 unspecified atom stereocenters. The van der Waals surface area contributed by atoms with Crippen molar-refractivity contribution in [3.8, 4) is 5.75 Å². The van der Waals surface area contributed by atoms with Crippen LogP contribution in [-0.4, -0.2) is 12.1 Å². The number of nitrogens with zero attached hydrogens (tertiary/aromatic N) is 1. The van der Waals surface area contributed by atoms with Crippen molar-refractivity contribution in [2.45, 2.75) is 0 Å². The van der Waals surface area contributed by atoms with Gasteiger partial charge in [-0.05, 0) is 35.9 Å². The number of ether oxygens (including phenoxy) is 1. The number of hydrogen-bond acceptors (Lipinski definition) is 1. The van der Waals surface area contributed by atoms with Crippen LogP contribution in [0.3, 0.4) is 0 Å². The monoisotopic (exact) mass is 392 g/mol. The summed E-state index contributed by atoms with van der Waals surface area (Å²) in [4.78, 5) is 3.28. The number of rotatable bonds is 3. The molecule has 0 aliphatic carbocycles. The van der Waals surface area contributed by atoms with Crippen molar-refractivity contribution in [2.75, 3.05) is 7.11 Å². The zero-order valence-corrected chi connectivity index (χ0v) is 14.2. The SMILES string of the molecule is COc1ccc2[nH]cc(/C=C/c3ccc[n+](C)c3)c2c1.[I-]. The molecule has 3 rings (SSSR count). The van der Waals surface area contributed by atoms with Crippen LogP contribution in [-0.2, 0) is 7.05 Å². The van der Waals surface area contributed by atoms with E-state index in [1.54, 1.807) is 7.11 Å². The Balaban J connectivity index is 0.00000161. The topological polar surface area (TPSA) is 28.9 Å². The number of hydrogen-bond donors (Lipinski definition) is 1. The summed E-state index contributed by atoms with van der Waals surface area (Å²) >= 11 is 0. The van der Waals surface area contributed by atoms with Gasteiger partial charge in [0.2, 0.25) is 0 Å². The quantitative estimate of drug-likeness (QED) is 0.500. The molecule has 0 amide bonds. The molecule has 21 heavy (non-hydrogen) atoms. The highest BCUT2D eigenvalue weighted by atomic mass is 127. The van der Waals surface area contributed by atoms with E-state index in [-0.39, 0.29) is 24.0 Å². The molecule has 0 saturated carbocycles. The molecule has 1 N–H and O–H groups in total. The van der Waals surface area contributed by atoms with E-state index in [9.17, 15) is 0 Å². The fourth-order valence-electron chi connectivity index (χ4n) is 2.28. The average molecular weight is 392 g/mol. The molecule has 1 aromatic carbocycles. The number of fused-ring (bicyclic) bond motifs is 1. The number of H-pyrrole nitrogens is 1. The first-order valence-electron chi connectivity index (χ1n) is 6.55. The standard InChI is InChI=1S/C17H17N2O.HI/c1-19-9-3-4-13(12-19)5-6-14-11-18-17-8-7-15(20-2)10-16(14)17;/h3-12,18H,1-2H3;1H/q+1;/p-1/b6-5+;. The Morgan fingerprint density at radius 1 is 1.19 bits per heavy atom. The predicted octanol–water partition coefficient (Wildman–Crippen LogP) is 0.175. The van der Waals surface area contributed by atoms with E-state index in [1.807, 2.05) is 42.2 Å². The Morgan fingerprint density at radius 2 is 2.05 bits per heavy atom. The maximum absolute atomic E-state index is 5.28. The maximum Gasteiger partial charge on any atom is 0.175 e. The third-order valence-corrected chi connectivity index (χ3v) is 3.34. The highest BCUT2D eigenvalue weighted by molar-refractivity contribution is 5.92. The predicted molar refractivity (Wildman–Crippen MR) is 81.4 cm³/mol. The molecule has 0 aliphatic rings. The highest BCUT2D eigenvalue weighted by Crippen LogP contribution is 2.24. The van der Waals surface area contributed by atoms with E-state index in [2.05, 4.69) is 35.5 Å². The number of nitrogens with one attached hydrogen (secondary N) is 1. The Labute approximate surface area is 141 Å². The summed E-state index contributed by atoms with van der Waals surface area (Å²) in [5, 5.41) is 1.17. The van der Waals surface area contributed by atoms with Gasteiger partial charge in [0.1, 0.15) is 12.8 Å². The molecule has 0 bridgehead atoms. The molecule has 0 spiro atoms. The van der Waals surface area contributed by atoms with Crippen LogP contribution in [0.1, 0.15) is 11.1 Å². The van der Waals surface area contributed by atoms with Gasteiger partial charge in [0.25, 0.3) is 0 Å². The van der Waals surface area contributed by atoms with Crippen LogP contribution in [0.15, 0.2) is 48.9 Å². The van der Waals surface area contributed by atoms with E-state index in [1.165, 1.54) is 10.9 Å². The third-order valence-electron chi connectivity index (χ3n) is 3.34. The van der Waals surface area contributed by atoms with Crippen LogP contribution in [0, 0.1) is 0 Å². The smallest absolute Gasteiger partial charge is 0.175 e. The normalized spacial score (nSPS) is 10.8. The first kappa shape index (κ1) is 15.6. The van der Waals surface area contributed by atoms with Crippen LogP contribution in [0.4, 0.5) is 0 Å². The third kappa shape index (κ3) is 3.44. The number of halogens is 1. The van der Waals surface area contributed by atoms with E-state index >= 15 is 0 Å². The molecule has 108 valence electrons. The molecule has 3 aromatic rings. The molecule has 0 aliphatic heterocycles. The van der Waals surface area contributed by atoms with Crippen molar-refractivity contribution in [1.29, 1.82) is 0 Å². The van der Waals surface area contributed by atoms with Crippen LogP contribution < -0.4 is 33.3 Å². The van der Waals surface area contributed by atoms with Crippen LogP contribution in [0.2, 0.25) is 0 Å². The molecule has 0 saturated heterocycles. The lowest BCUT2D eigenvalue weighted by atomic mass is 10.1.